The van der Waals surface area contributed by atoms with Gasteiger partial charge in [0.15, 0.2) is 0 Å². The summed E-state index contributed by atoms with van der Waals surface area (Å²) in [6.45, 7) is 0. The number of benzene rings is 7. The summed E-state index contributed by atoms with van der Waals surface area (Å²) in [5, 5.41) is 16.4. The molecule has 3 aromatic heterocycles. The average Bonchev–Trinajstić information content (AvgIpc) is 3.90. The summed E-state index contributed by atoms with van der Waals surface area (Å²) in [4.78, 5) is 5.32. The van der Waals surface area contributed by atoms with Crippen molar-refractivity contribution in [3.8, 4) is 51.0 Å². The van der Waals surface area contributed by atoms with Crippen LogP contribution in [0.15, 0.2) is 213 Å². The molecular formula is C61H39F3N4. The van der Waals surface area contributed by atoms with E-state index in [1.165, 1.54) is 0 Å². The maximum absolute atomic E-state index is 14.9. The first-order chi connectivity index (χ1) is 33.3. The van der Waals surface area contributed by atoms with Gasteiger partial charge in [0.2, 0.25) is 0 Å². The van der Waals surface area contributed by atoms with Crippen LogP contribution in [0.5, 0.6) is 0 Å². The van der Waals surface area contributed by atoms with Gasteiger partial charge < -0.3 is 4.57 Å². The lowest BCUT2D eigenvalue weighted by molar-refractivity contribution is -0.137. The van der Waals surface area contributed by atoms with E-state index in [0.29, 0.717) is 17.1 Å². The van der Waals surface area contributed by atoms with Crippen molar-refractivity contribution in [2.75, 3.05) is 0 Å². The van der Waals surface area contributed by atoms with Gasteiger partial charge in [0, 0.05) is 27.1 Å². The number of nitriles is 1. The van der Waals surface area contributed by atoms with E-state index in [9.17, 15) is 18.4 Å². The fourth-order valence-electron chi connectivity index (χ4n) is 10.00. The third-order valence-electron chi connectivity index (χ3n) is 13.3. The van der Waals surface area contributed by atoms with Crippen molar-refractivity contribution in [1.29, 1.82) is 5.26 Å². The molecule has 3 heterocycles. The lowest BCUT2D eigenvalue weighted by Gasteiger charge is -2.18. The molecule has 7 aromatic carbocycles. The predicted octanol–water partition coefficient (Wildman–Crippen LogP) is 14.5. The van der Waals surface area contributed by atoms with Crippen LogP contribution < -0.4 is 10.4 Å². The first-order valence-electron chi connectivity index (χ1n) is 22.6. The lowest BCUT2D eigenvalue weighted by Crippen LogP contribution is -2.09. The molecule has 68 heavy (non-hydrogen) atoms. The zero-order valence-electron chi connectivity index (χ0n) is 36.5. The van der Waals surface area contributed by atoms with Gasteiger partial charge in [0.1, 0.15) is 5.82 Å². The molecule has 0 bridgehead atoms. The summed E-state index contributed by atoms with van der Waals surface area (Å²) in [6.07, 6.45) is 15.3. The van der Waals surface area contributed by atoms with E-state index in [4.69, 9.17) is 4.98 Å². The highest BCUT2D eigenvalue weighted by atomic mass is 19.4. The van der Waals surface area contributed by atoms with Crippen LogP contribution in [0.25, 0.3) is 99.6 Å². The molecule has 0 saturated carbocycles. The number of hydrogen-bond donors (Lipinski definition) is 0. The third kappa shape index (κ3) is 7.06. The van der Waals surface area contributed by atoms with Crippen molar-refractivity contribution >= 4 is 54.8 Å². The summed E-state index contributed by atoms with van der Waals surface area (Å²) >= 11 is 0. The largest absolute Gasteiger partial charge is 0.416 e. The van der Waals surface area contributed by atoms with Crippen LogP contribution in [-0.4, -0.2) is 14.1 Å². The SMILES string of the molecule is N#Cc1cc(-c2cc(-n3c4cc(-c5ccccc5)ccc4c4ccc(-c5ccccc5)cc43)ncc2-n2c3cc(=C4C=CC=CC4)ccc3c3ccc(=C4C=CC=CC4)cc32)cc(C(F)(F)F)c1. The van der Waals surface area contributed by atoms with E-state index in [0.717, 1.165) is 112 Å². The number of pyridine rings is 1. The topological polar surface area (TPSA) is 46.5 Å². The summed E-state index contributed by atoms with van der Waals surface area (Å²) < 4.78 is 48.9. The Morgan fingerprint density at radius 2 is 1.00 bits per heavy atom. The second-order valence-corrected chi connectivity index (χ2v) is 17.3. The number of nitrogens with zero attached hydrogens (tertiary/aromatic N) is 4. The van der Waals surface area contributed by atoms with Gasteiger partial charge in [-0.15, -0.1) is 0 Å². The molecule has 4 nitrogen and oxygen atoms in total. The monoisotopic (exact) mass is 884 g/mol. The van der Waals surface area contributed by atoms with E-state index in [1.54, 1.807) is 12.3 Å². The van der Waals surface area contributed by atoms with Gasteiger partial charge in [-0.05, 0) is 111 Å². The van der Waals surface area contributed by atoms with E-state index < -0.39 is 11.7 Å². The molecule has 0 radical (unpaired) electrons. The minimum atomic E-state index is -4.71. The highest BCUT2D eigenvalue weighted by Gasteiger charge is 2.32. The first kappa shape index (κ1) is 40.8. The highest BCUT2D eigenvalue weighted by molar-refractivity contribution is 6.12. The van der Waals surface area contributed by atoms with Gasteiger partial charge in [-0.1, -0.05) is 158 Å². The van der Waals surface area contributed by atoms with Crippen molar-refractivity contribution in [3.05, 3.63) is 234 Å². The van der Waals surface area contributed by atoms with Crippen molar-refractivity contribution < 1.29 is 13.2 Å². The Kier molecular flexibility index (Phi) is 9.77. The summed E-state index contributed by atoms with van der Waals surface area (Å²) in [6, 6.07) is 53.7. The van der Waals surface area contributed by atoms with E-state index in [2.05, 4.69) is 131 Å². The fraction of sp³-hybridized carbons (Fsp3) is 0.0492. The lowest BCUT2D eigenvalue weighted by atomic mass is 9.98. The smallest absolute Gasteiger partial charge is 0.307 e. The molecule has 7 heteroatoms. The zero-order chi connectivity index (χ0) is 45.9. The molecule has 0 atom stereocenters. The van der Waals surface area contributed by atoms with Crippen LogP contribution in [0, 0.1) is 11.3 Å². The number of aromatic nitrogens is 3. The average molecular weight is 885 g/mol. The standard InChI is InChI=1S/C61H39F3N4/c62-61(63,64)49-30-39(37-65)29-48(31-49)54-36-60(68-57-34-46(42-17-9-3-10-18-42)23-27-52(57)53-28-24-47(35-58(53)68)43-19-11-4-12-20-43)66-38-59(54)67-55-32-44(40-13-5-1-6-14-40)21-25-50(55)51-26-22-45(33-56(51)67)41-15-7-2-8-16-41/h1-13,15,17-36,38H,14,16H2. The number of halogens is 3. The highest BCUT2D eigenvalue weighted by Crippen LogP contribution is 2.42. The number of hydrogen-bond acceptors (Lipinski definition) is 2. The van der Waals surface area contributed by atoms with Gasteiger partial charge in [-0.3, -0.25) is 4.57 Å². The van der Waals surface area contributed by atoms with Gasteiger partial charge in [-0.25, -0.2) is 4.98 Å². The molecule has 10 aromatic rings. The second-order valence-electron chi connectivity index (χ2n) is 17.3. The molecule has 0 amide bonds. The Bertz CT molecular complexity index is 3810. The molecule has 2 aliphatic rings. The normalized spacial score (nSPS) is 15.3. The molecule has 0 N–H and O–H groups in total. The quantitative estimate of drug-likeness (QED) is 0.173. The maximum atomic E-state index is 14.9. The van der Waals surface area contributed by atoms with Crippen molar-refractivity contribution in [3.63, 3.8) is 0 Å². The minimum Gasteiger partial charge on any atom is -0.307 e. The number of alkyl halides is 3. The molecule has 0 unspecified atom stereocenters. The number of rotatable bonds is 5. The first-order valence-corrected chi connectivity index (χ1v) is 22.6. The molecular weight excluding hydrogens is 846 g/mol. The Morgan fingerprint density at radius 3 is 1.49 bits per heavy atom. The molecule has 324 valence electrons. The Balaban J connectivity index is 1.20. The van der Waals surface area contributed by atoms with Gasteiger partial charge in [0.05, 0.1) is 51.1 Å². The van der Waals surface area contributed by atoms with Crippen LogP contribution in [0.1, 0.15) is 24.0 Å². The van der Waals surface area contributed by atoms with Gasteiger partial charge in [0.25, 0.3) is 0 Å². The summed E-state index contributed by atoms with van der Waals surface area (Å²) in [5.74, 6) is 0.515. The summed E-state index contributed by atoms with van der Waals surface area (Å²) in [5.41, 5.74) is 10.3. The number of fused-ring (bicyclic) bond motifs is 6. The van der Waals surface area contributed by atoms with Crippen LogP contribution in [0.4, 0.5) is 13.2 Å². The number of allylic oxidation sites excluding steroid dienone is 8. The molecule has 0 saturated heterocycles. The third-order valence-corrected chi connectivity index (χ3v) is 13.3. The van der Waals surface area contributed by atoms with Crippen molar-refractivity contribution in [2.24, 2.45) is 0 Å². The molecule has 0 spiro atoms. The second kappa shape index (κ2) is 16.3. The van der Waals surface area contributed by atoms with Crippen LogP contribution in [-0.2, 0) is 6.18 Å². The molecule has 0 fully saturated rings. The Morgan fingerprint density at radius 1 is 0.485 bits per heavy atom. The molecule has 0 aliphatic heterocycles. The zero-order valence-corrected chi connectivity index (χ0v) is 36.5. The Hall–Kier alpha value is -8.73. The molecule has 12 rings (SSSR count). The van der Waals surface area contributed by atoms with Gasteiger partial charge in [-0.2, -0.15) is 18.4 Å². The van der Waals surface area contributed by atoms with Crippen molar-refractivity contribution in [1.82, 2.24) is 14.1 Å². The van der Waals surface area contributed by atoms with Gasteiger partial charge >= 0.3 is 6.18 Å². The minimum absolute atomic E-state index is 0.0927. The summed E-state index contributed by atoms with van der Waals surface area (Å²) in [7, 11) is 0. The van der Waals surface area contributed by atoms with E-state index in [1.807, 2.05) is 72.8 Å². The van der Waals surface area contributed by atoms with Crippen LogP contribution in [0.2, 0.25) is 0 Å². The Labute approximate surface area is 389 Å². The van der Waals surface area contributed by atoms with E-state index >= 15 is 0 Å². The predicted molar refractivity (Wildman–Crippen MR) is 271 cm³/mol. The fourth-order valence-corrected chi connectivity index (χ4v) is 10.00. The maximum Gasteiger partial charge on any atom is 0.416 e. The van der Waals surface area contributed by atoms with Crippen LogP contribution in [0.3, 0.4) is 0 Å². The van der Waals surface area contributed by atoms with Crippen molar-refractivity contribution in [2.45, 2.75) is 19.0 Å². The van der Waals surface area contributed by atoms with Crippen LogP contribution >= 0.6 is 0 Å². The van der Waals surface area contributed by atoms with E-state index in [-0.39, 0.29) is 11.1 Å². The molecule has 2 aliphatic carbocycles.